The zero-order chi connectivity index (χ0) is 11.8. The fourth-order valence-electron chi connectivity index (χ4n) is 2.04. The molecule has 0 bridgehead atoms. The van der Waals surface area contributed by atoms with Crippen molar-refractivity contribution in [1.29, 1.82) is 0 Å². The fraction of sp³-hybridized carbons (Fsp3) is 0.538. The third-order valence-electron chi connectivity index (χ3n) is 2.95. The first-order chi connectivity index (χ1) is 7.48. The number of hydrogen-bond acceptors (Lipinski definition) is 2. The number of thioether (sulfide) groups is 1. The molecule has 88 valence electrons. The van der Waals surface area contributed by atoms with Crippen molar-refractivity contribution in [1.82, 2.24) is 5.32 Å². The second-order valence-corrected chi connectivity index (χ2v) is 7.35. The topological polar surface area (TPSA) is 12.0 Å². The van der Waals surface area contributed by atoms with Crippen molar-refractivity contribution < 1.29 is 0 Å². The predicted molar refractivity (Wildman–Crippen MR) is 76.0 cm³/mol. The summed E-state index contributed by atoms with van der Waals surface area (Å²) in [5.74, 6) is 1.18. The molecule has 3 heteroatoms. The van der Waals surface area contributed by atoms with E-state index < -0.39 is 0 Å². The van der Waals surface area contributed by atoms with Crippen molar-refractivity contribution in [2.45, 2.75) is 37.6 Å². The third-order valence-corrected chi connectivity index (χ3v) is 5.17. The van der Waals surface area contributed by atoms with Crippen LogP contribution in [-0.2, 0) is 0 Å². The van der Waals surface area contributed by atoms with Gasteiger partial charge in [0.05, 0.1) is 0 Å². The van der Waals surface area contributed by atoms with E-state index >= 15 is 0 Å². The van der Waals surface area contributed by atoms with Gasteiger partial charge in [0.15, 0.2) is 0 Å². The summed E-state index contributed by atoms with van der Waals surface area (Å²) in [5, 5.41) is 4.38. The van der Waals surface area contributed by atoms with Crippen LogP contribution in [0, 0.1) is 0 Å². The number of halogens is 1. The Bertz CT molecular complexity index is 361. The predicted octanol–water partition coefficient (Wildman–Crippen LogP) is 3.99. The monoisotopic (exact) mass is 299 g/mol. The molecule has 0 spiro atoms. The summed E-state index contributed by atoms with van der Waals surface area (Å²) >= 11 is 5.54. The molecule has 1 aromatic carbocycles. The van der Waals surface area contributed by atoms with Crippen LogP contribution in [0.15, 0.2) is 28.7 Å². The number of hydrogen-bond donors (Lipinski definition) is 1. The lowest BCUT2D eigenvalue weighted by Gasteiger charge is -2.41. The molecule has 1 fully saturated rings. The molecular formula is C13H18BrNS. The van der Waals surface area contributed by atoms with E-state index in [2.05, 4.69) is 78.0 Å². The van der Waals surface area contributed by atoms with Gasteiger partial charge in [-0.3, -0.25) is 0 Å². The fourth-order valence-corrected chi connectivity index (χ4v) is 3.49. The molecule has 16 heavy (non-hydrogen) atoms. The van der Waals surface area contributed by atoms with E-state index in [1.807, 2.05) is 0 Å². The Balaban J connectivity index is 2.21. The molecule has 1 N–H and O–H groups in total. The van der Waals surface area contributed by atoms with E-state index in [-0.39, 0.29) is 5.54 Å². The van der Waals surface area contributed by atoms with Crippen molar-refractivity contribution in [3.05, 3.63) is 34.3 Å². The average Bonchev–Trinajstić information content (AvgIpc) is 2.23. The first kappa shape index (κ1) is 12.5. The summed E-state index contributed by atoms with van der Waals surface area (Å²) in [6, 6.07) is 9.12. The minimum absolute atomic E-state index is 0.231. The molecule has 1 aliphatic rings. The van der Waals surface area contributed by atoms with Gasteiger partial charge in [0.25, 0.3) is 0 Å². The minimum atomic E-state index is 0.231. The standard InChI is InChI=1S/C13H18BrNS/c1-9-12(15-13(2,3)8-16-9)10-4-6-11(14)7-5-10/h4-7,9,12,15H,8H2,1-3H3. The Morgan fingerprint density at radius 1 is 1.31 bits per heavy atom. The van der Waals surface area contributed by atoms with E-state index in [0.717, 1.165) is 4.47 Å². The molecule has 0 amide bonds. The molecular weight excluding hydrogens is 282 g/mol. The number of nitrogens with one attached hydrogen (secondary N) is 1. The van der Waals surface area contributed by atoms with Crippen LogP contribution >= 0.6 is 27.7 Å². The first-order valence-electron chi connectivity index (χ1n) is 5.63. The Morgan fingerprint density at radius 3 is 2.56 bits per heavy atom. The summed E-state index contributed by atoms with van der Waals surface area (Å²) in [4.78, 5) is 0. The average molecular weight is 300 g/mol. The number of benzene rings is 1. The highest BCUT2D eigenvalue weighted by Gasteiger charge is 2.32. The van der Waals surface area contributed by atoms with Gasteiger partial charge in [-0.2, -0.15) is 11.8 Å². The van der Waals surface area contributed by atoms with Crippen LogP contribution in [-0.4, -0.2) is 16.5 Å². The van der Waals surface area contributed by atoms with Crippen molar-refractivity contribution in [2.75, 3.05) is 5.75 Å². The van der Waals surface area contributed by atoms with Crippen molar-refractivity contribution in [3.63, 3.8) is 0 Å². The van der Waals surface area contributed by atoms with Crippen LogP contribution in [0.25, 0.3) is 0 Å². The smallest absolute Gasteiger partial charge is 0.0442 e. The minimum Gasteiger partial charge on any atom is -0.303 e. The maximum atomic E-state index is 3.74. The highest BCUT2D eigenvalue weighted by Crippen LogP contribution is 2.35. The largest absolute Gasteiger partial charge is 0.303 e. The van der Waals surface area contributed by atoms with E-state index in [1.165, 1.54) is 11.3 Å². The third kappa shape index (κ3) is 2.82. The summed E-state index contributed by atoms with van der Waals surface area (Å²) in [6.45, 7) is 6.86. The van der Waals surface area contributed by atoms with Gasteiger partial charge in [0.1, 0.15) is 0 Å². The van der Waals surface area contributed by atoms with Crippen molar-refractivity contribution >= 4 is 27.7 Å². The van der Waals surface area contributed by atoms with Gasteiger partial charge in [-0.15, -0.1) is 0 Å². The van der Waals surface area contributed by atoms with Gasteiger partial charge >= 0.3 is 0 Å². The van der Waals surface area contributed by atoms with Gasteiger partial charge < -0.3 is 5.32 Å². The summed E-state index contributed by atoms with van der Waals surface area (Å²) in [7, 11) is 0. The maximum absolute atomic E-state index is 3.74. The SMILES string of the molecule is CC1SCC(C)(C)NC1c1ccc(Br)cc1. The number of rotatable bonds is 1. The molecule has 0 radical (unpaired) electrons. The van der Waals surface area contributed by atoms with E-state index in [1.54, 1.807) is 0 Å². The highest BCUT2D eigenvalue weighted by atomic mass is 79.9. The second kappa shape index (κ2) is 4.71. The Morgan fingerprint density at radius 2 is 1.94 bits per heavy atom. The lowest BCUT2D eigenvalue weighted by atomic mass is 9.99. The molecule has 0 saturated carbocycles. The van der Waals surface area contributed by atoms with Gasteiger partial charge in [-0.1, -0.05) is 35.0 Å². The summed E-state index contributed by atoms with van der Waals surface area (Å²) in [5.41, 5.74) is 1.62. The zero-order valence-corrected chi connectivity index (χ0v) is 12.4. The van der Waals surface area contributed by atoms with Gasteiger partial charge in [0.2, 0.25) is 0 Å². The van der Waals surface area contributed by atoms with Crippen LogP contribution < -0.4 is 5.32 Å². The lowest BCUT2D eigenvalue weighted by molar-refractivity contribution is 0.352. The Labute approximate surface area is 111 Å². The normalized spacial score (nSPS) is 29.0. The van der Waals surface area contributed by atoms with E-state index in [9.17, 15) is 0 Å². The Hall–Kier alpha value is 0.01000. The maximum Gasteiger partial charge on any atom is 0.0442 e. The quantitative estimate of drug-likeness (QED) is 0.841. The molecule has 2 atom stereocenters. The molecule has 2 rings (SSSR count). The molecule has 1 aliphatic heterocycles. The van der Waals surface area contributed by atoms with Gasteiger partial charge in [0, 0.05) is 27.1 Å². The lowest BCUT2D eigenvalue weighted by Crippen LogP contribution is -2.50. The van der Waals surface area contributed by atoms with Crippen LogP contribution in [0.5, 0.6) is 0 Å². The van der Waals surface area contributed by atoms with Crippen LogP contribution in [0.4, 0.5) is 0 Å². The molecule has 2 unspecified atom stereocenters. The van der Waals surface area contributed by atoms with E-state index in [0.29, 0.717) is 11.3 Å². The first-order valence-corrected chi connectivity index (χ1v) is 7.47. The molecule has 1 heterocycles. The molecule has 0 aromatic heterocycles. The molecule has 1 aromatic rings. The molecule has 1 saturated heterocycles. The van der Waals surface area contributed by atoms with Crippen LogP contribution in [0.2, 0.25) is 0 Å². The van der Waals surface area contributed by atoms with Crippen LogP contribution in [0.3, 0.4) is 0 Å². The Kier molecular flexibility index (Phi) is 3.67. The zero-order valence-electron chi connectivity index (χ0n) is 9.96. The second-order valence-electron chi connectivity index (χ2n) is 5.07. The van der Waals surface area contributed by atoms with Crippen LogP contribution in [0.1, 0.15) is 32.4 Å². The van der Waals surface area contributed by atoms with Crippen molar-refractivity contribution in [2.24, 2.45) is 0 Å². The molecule has 0 aliphatic carbocycles. The summed E-state index contributed by atoms with van der Waals surface area (Å²) in [6.07, 6.45) is 0. The van der Waals surface area contributed by atoms with Crippen molar-refractivity contribution in [3.8, 4) is 0 Å². The van der Waals surface area contributed by atoms with E-state index in [4.69, 9.17) is 0 Å². The van der Waals surface area contributed by atoms with Gasteiger partial charge in [-0.05, 0) is 31.5 Å². The van der Waals surface area contributed by atoms with Gasteiger partial charge in [-0.25, -0.2) is 0 Å². The summed E-state index contributed by atoms with van der Waals surface area (Å²) < 4.78 is 1.15. The highest BCUT2D eigenvalue weighted by molar-refractivity contribution is 9.10. The molecule has 1 nitrogen and oxygen atoms in total.